The number of rotatable bonds is 6. The van der Waals surface area contributed by atoms with Crippen LogP contribution in [0.1, 0.15) is 30.2 Å². The lowest BCUT2D eigenvalue weighted by Crippen LogP contribution is -2.14. The highest BCUT2D eigenvalue weighted by atomic mass is 32.1. The average Bonchev–Trinajstić information content (AvgIpc) is 2.65. The topological polar surface area (TPSA) is 24.9 Å². The molecule has 1 atom stereocenters. The molecule has 1 N–H and O–H groups in total. The third-order valence-corrected chi connectivity index (χ3v) is 2.93. The van der Waals surface area contributed by atoms with Crippen molar-refractivity contribution in [2.45, 2.75) is 25.3 Å². The Labute approximate surface area is 83.7 Å². The molecular formula is C10H16N2S. The zero-order chi connectivity index (χ0) is 9.52. The smallest absolute Gasteiger partial charge is 0.0794 e. The Kier molecular flexibility index (Phi) is 4.72. The third-order valence-electron chi connectivity index (χ3n) is 2.04. The summed E-state index contributed by atoms with van der Waals surface area (Å²) in [6, 6.07) is 0.465. The Bertz CT molecular complexity index is 231. The molecule has 0 amide bonds. The van der Waals surface area contributed by atoms with Gasteiger partial charge in [0.25, 0.3) is 0 Å². The van der Waals surface area contributed by atoms with Gasteiger partial charge in [-0.15, -0.1) is 17.9 Å². The van der Waals surface area contributed by atoms with Gasteiger partial charge in [-0.25, -0.2) is 0 Å². The van der Waals surface area contributed by atoms with E-state index in [0.29, 0.717) is 6.04 Å². The maximum atomic E-state index is 4.08. The largest absolute Gasteiger partial charge is 0.312 e. The molecule has 0 fully saturated rings. The maximum absolute atomic E-state index is 4.08. The van der Waals surface area contributed by atoms with Gasteiger partial charge >= 0.3 is 0 Å². The summed E-state index contributed by atoms with van der Waals surface area (Å²) in [6.45, 7) is 3.72. The van der Waals surface area contributed by atoms with Gasteiger partial charge in [0.15, 0.2) is 0 Å². The third kappa shape index (κ3) is 3.28. The molecule has 0 aromatic carbocycles. The van der Waals surface area contributed by atoms with Gasteiger partial charge in [0, 0.05) is 17.1 Å². The van der Waals surface area contributed by atoms with Crippen molar-refractivity contribution in [3.8, 4) is 0 Å². The van der Waals surface area contributed by atoms with Gasteiger partial charge in [0.05, 0.1) is 5.51 Å². The summed E-state index contributed by atoms with van der Waals surface area (Å²) in [5.41, 5.74) is 1.88. The number of unbranched alkanes of at least 4 members (excludes halogenated alkanes) is 1. The van der Waals surface area contributed by atoms with Crippen molar-refractivity contribution in [2.75, 3.05) is 7.05 Å². The minimum absolute atomic E-state index is 0.465. The number of hydrogen-bond donors (Lipinski definition) is 1. The summed E-state index contributed by atoms with van der Waals surface area (Å²) in [6.07, 6.45) is 7.35. The molecule has 0 bridgehead atoms. The van der Waals surface area contributed by atoms with Crippen molar-refractivity contribution in [3.63, 3.8) is 0 Å². The Balaban J connectivity index is 2.39. The van der Waals surface area contributed by atoms with Crippen LogP contribution in [0.15, 0.2) is 24.4 Å². The molecule has 72 valence electrons. The number of allylic oxidation sites excluding steroid dienone is 1. The highest BCUT2D eigenvalue weighted by molar-refractivity contribution is 7.09. The van der Waals surface area contributed by atoms with Crippen LogP contribution >= 0.6 is 11.3 Å². The highest BCUT2D eigenvalue weighted by Crippen LogP contribution is 2.21. The van der Waals surface area contributed by atoms with Gasteiger partial charge in [-0.05, 0) is 26.3 Å². The molecule has 0 saturated heterocycles. The summed E-state index contributed by atoms with van der Waals surface area (Å²) in [7, 11) is 2.00. The van der Waals surface area contributed by atoms with Crippen LogP contribution in [0.3, 0.4) is 0 Å². The molecule has 0 spiro atoms. The molecule has 1 heterocycles. The Morgan fingerprint density at radius 3 is 3.15 bits per heavy atom. The molecule has 1 aromatic heterocycles. The van der Waals surface area contributed by atoms with Gasteiger partial charge in [-0.2, -0.15) is 0 Å². The normalized spacial score (nSPS) is 12.7. The molecule has 0 aliphatic carbocycles. The van der Waals surface area contributed by atoms with E-state index in [1.807, 2.05) is 24.8 Å². The second kappa shape index (κ2) is 5.89. The second-order valence-electron chi connectivity index (χ2n) is 2.96. The van der Waals surface area contributed by atoms with Crippen molar-refractivity contribution < 1.29 is 0 Å². The molecule has 0 radical (unpaired) electrons. The van der Waals surface area contributed by atoms with E-state index in [2.05, 4.69) is 16.9 Å². The number of nitrogens with zero attached hydrogens (tertiary/aromatic N) is 1. The summed E-state index contributed by atoms with van der Waals surface area (Å²) >= 11 is 1.71. The van der Waals surface area contributed by atoms with Crippen molar-refractivity contribution in [1.82, 2.24) is 10.3 Å². The second-order valence-corrected chi connectivity index (χ2v) is 3.88. The average molecular weight is 196 g/mol. The molecule has 1 aromatic rings. The van der Waals surface area contributed by atoms with Gasteiger partial charge in [0.2, 0.25) is 0 Å². The number of aromatic nitrogens is 1. The summed E-state index contributed by atoms with van der Waals surface area (Å²) < 4.78 is 0. The molecule has 1 unspecified atom stereocenters. The molecule has 1 rings (SSSR count). The maximum Gasteiger partial charge on any atom is 0.0794 e. The van der Waals surface area contributed by atoms with E-state index in [1.54, 1.807) is 11.3 Å². The van der Waals surface area contributed by atoms with E-state index < -0.39 is 0 Å². The lowest BCUT2D eigenvalue weighted by atomic mass is 10.1. The monoisotopic (exact) mass is 196 g/mol. The fraction of sp³-hybridized carbons (Fsp3) is 0.500. The Morgan fingerprint density at radius 1 is 1.77 bits per heavy atom. The van der Waals surface area contributed by atoms with Crippen LogP contribution in [0.4, 0.5) is 0 Å². The van der Waals surface area contributed by atoms with Crippen LogP contribution in [0.2, 0.25) is 0 Å². The SMILES string of the molecule is C=CCCCC(NC)c1cncs1. The standard InChI is InChI=1S/C10H16N2S/c1-3-4-5-6-9(11-2)10-7-12-8-13-10/h3,7-9,11H,1,4-6H2,2H3. The highest BCUT2D eigenvalue weighted by Gasteiger charge is 2.09. The fourth-order valence-corrected chi connectivity index (χ4v) is 2.06. The van der Waals surface area contributed by atoms with Crippen molar-refractivity contribution in [1.29, 1.82) is 0 Å². The van der Waals surface area contributed by atoms with E-state index in [0.717, 1.165) is 12.8 Å². The van der Waals surface area contributed by atoms with Gasteiger partial charge in [-0.3, -0.25) is 4.98 Å². The van der Waals surface area contributed by atoms with Crippen molar-refractivity contribution in [2.24, 2.45) is 0 Å². The van der Waals surface area contributed by atoms with E-state index in [-0.39, 0.29) is 0 Å². The lowest BCUT2D eigenvalue weighted by molar-refractivity contribution is 0.537. The first-order valence-corrected chi connectivity index (χ1v) is 5.43. The predicted octanol–water partition coefficient (Wildman–Crippen LogP) is 2.76. The molecule has 2 nitrogen and oxygen atoms in total. The lowest BCUT2D eigenvalue weighted by Gasteiger charge is -2.12. The summed E-state index contributed by atoms with van der Waals surface area (Å²) in [4.78, 5) is 5.40. The first kappa shape index (κ1) is 10.4. The molecular weight excluding hydrogens is 180 g/mol. The van der Waals surface area contributed by atoms with E-state index in [4.69, 9.17) is 0 Å². The number of thiazole rings is 1. The first-order valence-electron chi connectivity index (χ1n) is 4.55. The predicted molar refractivity (Wildman–Crippen MR) is 58.0 cm³/mol. The van der Waals surface area contributed by atoms with E-state index in [1.165, 1.54) is 11.3 Å². The fourth-order valence-electron chi connectivity index (χ4n) is 1.29. The van der Waals surface area contributed by atoms with Crippen molar-refractivity contribution >= 4 is 11.3 Å². The van der Waals surface area contributed by atoms with E-state index >= 15 is 0 Å². The van der Waals surface area contributed by atoms with Crippen molar-refractivity contribution in [3.05, 3.63) is 29.2 Å². The minimum atomic E-state index is 0.465. The van der Waals surface area contributed by atoms with Crippen LogP contribution in [-0.4, -0.2) is 12.0 Å². The Morgan fingerprint density at radius 2 is 2.62 bits per heavy atom. The molecule has 13 heavy (non-hydrogen) atoms. The molecule has 3 heteroatoms. The molecule has 0 saturated carbocycles. The first-order chi connectivity index (χ1) is 6.38. The van der Waals surface area contributed by atoms with E-state index in [9.17, 15) is 0 Å². The zero-order valence-corrected chi connectivity index (χ0v) is 8.81. The zero-order valence-electron chi connectivity index (χ0n) is 7.99. The quantitative estimate of drug-likeness (QED) is 0.559. The molecule has 0 aliphatic heterocycles. The van der Waals surface area contributed by atoms with Crippen LogP contribution in [0.25, 0.3) is 0 Å². The van der Waals surface area contributed by atoms with Gasteiger partial charge < -0.3 is 5.32 Å². The van der Waals surface area contributed by atoms with Crippen LogP contribution in [-0.2, 0) is 0 Å². The van der Waals surface area contributed by atoms with Crippen LogP contribution in [0, 0.1) is 0 Å². The number of hydrogen-bond acceptors (Lipinski definition) is 3. The van der Waals surface area contributed by atoms with Gasteiger partial charge in [0.1, 0.15) is 0 Å². The summed E-state index contributed by atoms with van der Waals surface area (Å²) in [5.74, 6) is 0. The van der Waals surface area contributed by atoms with Crippen LogP contribution in [0.5, 0.6) is 0 Å². The minimum Gasteiger partial charge on any atom is -0.312 e. The number of nitrogens with one attached hydrogen (secondary N) is 1. The van der Waals surface area contributed by atoms with Crippen LogP contribution < -0.4 is 5.32 Å². The Hall–Kier alpha value is -0.670. The summed E-state index contributed by atoms with van der Waals surface area (Å²) in [5, 5.41) is 3.30. The van der Waals surface area contributed by atoms with Gasteiger partial charge in [-0.1, -0.05) is 6.08 Å². The molecule has 0 aliphatic rings.